The SMILES string of the molecule is C[C@@H]1C[C@@H](O)c2ncnc(N3CCN(C(=O)N(Cc4ccc(Cl)c(F)c4)[C@H]4CCNC4)CC3)c21. The second kappa shape index (κ2) is 9.64. The van der Waals surface area contributed by atoms with Crippen LogP contribution in [-0.2, 0) is 6.54 Å². The molecule has 10 heteroatoms. The maximum Gasteiger partial charge on any atom is 0.320 e. The number of urea groups is 1. The number of amides is 2. The van der Waals surface area contributed by atoms with Crippen molar-refractivity contribution < 1.29 is 14.3 Å². The van der Waals surface area contributed by atoms with Gasteiger partial charge in [-0.1, -0.05) is 24.6 Å². The van der Waals surface area contributed by atoms with Gasteiger partial charge in [-0.3, -0.25) is 0 Å². The van der Waals surface area contributed by atoms with E-state index in [4.69, 9.17) is 11.6 Å². The minimum Gasteiger partial charge on any atom is -0.387 e. The Hall–Kier alpha value is -2.49. The van der Waals surface area contributed by atoms with Crippen molar-refractivity contribution in [2.75, 3.05) is 44.2 Å². The molecule has 0 saturated carbocycles. The number of rotatable bonds is 4. The van der Waals surface area contributed by atoms with E-state index in [1.807, 2.05) is 9.80 Å². The lowest BCUT2D eigenvalue weighted by Gasteiger charge is -2.40. The lowest BCUT2D eigenvalue weighted by atomic mass is 10.1. The molecule has 5 rings (SSSR count). The van der Waals surface area contributed by atoms with E-state index in [1.54, 1.807) is 12.1 Å². The van der Waals surface area contributed by atoms with E-state index < -0.39 is 11.9 Å². The monoisotopic (exact) mass is 488 g/mol. The molecule has 2 N–H and O–H groups in total. The maximum absolute atomic E-state index is 14.0. The second-order valence-corrected chi connectivity index (χ2v) is 9.84. The minimum absolute atomic E-state index is 0.0274. The van der Waals surface area contributed by atoms with Crippen LogP contribution in [0.5, 0.6) is 0 Å². The molecule has 2 fully saturated rings. The normalized spacial score (nSPS) is 24.4. The molecule has 2 aromatic rings. The van der Waals surface area contributed by atoms with Crippen LogP contribution in [0.25, 0.3) is 0 Å². The molecule has 2 saturated heterocycles. The van der Waals surface area contributed by atoms with Crippen LogP contribution in [0.1, 0.15) is 48.6 Å². The number of carbonyl (C=O) groups is 1. The molecular formula is C24H30ClFN6O2. The first-order valence-electron chi connectivity index (χ1n) is 11.9. The number of aromatic nitrogens is 2. The number of nitrogens with one attached hydrogen (secondary N) is 1. The number of hydrogen-bond acceptors (Lipinski definition) is 6. The number of benzene rings is 1. The van der Waals surface area contributed by atoms with E-state index in [0.717, 1.165) is 42.1 Å². The molecule has 0 bridgehead atoms. The molecule has 1 aromatic carbocycles. The molecular weight excluding hydrogens is 459 g/mol. The third-order valence-corrected chi connectivity index (χ3v) is 7.49. The molecule has 1 aromatic heterocycles. The number of carbonyl (C=O) groups excluding carboxylic acids is 1. The predicted octanol–water partition coefficient (Wildman–Crippen LogP) is 2.92. The van der Waals surface area contributed by atoms with Gasteiger partial charge >= 0.3 is 6.03 Å². The van der Waals surface area contributed by atoms with Gasteiger partial charge in [0, 0.05) is 50.9 Å². The van der Waals surface area contributed by atoms with Crippen molar-refractivity contribution in [1.29, 1.82) is 0 Å². The molecule has 1 aliphatic carbocycles. The molecule has 182 valence electrons. The topological polar surface area (TPSA) is 84.8 Å². The second-order valence-electron chi connectivity index (χ2n) is 9.43. The largest absolute Gasteiger partial charge is 0.387 e. The van der Waals surface area contributed by atoms with Crippen LogP contribution in [0.2, 0.25) is 5.02 Å². The summed E-state index contributed by atoms with van der Waals surface area (Å²) in [6.45, 7) is 6.48. The molecule has 0 radical (unpaired) electrons. The Morgan fingerprint density at radius 3 is 2.79 bits per heavy atom. The van der Waals surface area contributed by atoms with E-state index in [9.17, 15) is 14.3 Å². The summed E-state index contributed by atoms with van der Waals surface area (Å²) >= 11 is 5.84. The molecule has 3 heterocycles. The number of aliphatic hydroxyl groups is 1. The van der Waals surface area contributed by atoms with E-state index in [1.165, 1.54) is 12.4 Å². The highest BCUT2D eigenvalue weighted by atomic mass is 35.5. The van der Waals surface area contributed by atoms with Crippen LogP contribution in [0.3, 0.4) is 0 Å². The maximum atomic E-state index is 14.0. The van der Waals surface area contributed by atoms with Gasteiger partial charge in [-0.25, -0.2) is 19.2 Å². The van der Waals surface area contributed by atoms with Gasteiger partial charge in [0.05, 0.1) is 16.8 Å². The number of halogens is 2. The zero-order valence-corrected chi connectivity index (χ0v) is 20.0. The standard InChI is InChI=1S/C24H30ClFN6O2/c1-15-10-20(33)22-21(15)23(29-14-28-22)30-6-8-31(9-7-30)24(34)32(17-4-5-27-12-17)13-16-2-3-18(25)19(26)11-16/h2-3,11,14-15,17,20,27,33H,4-10,12-13H2,1H3/t15-,17+,20-/m1/s1. The van der Waals surface area contributed by atoms with Crippen molar-refractivity contribution in [3.05, 3.63) is 52.2 Å². The smallest absolute Gasteiger partial charge is 0.320 e. The molecule has 34 heavy (non-hydrogen) atoms. The number of hydrogen-bond donors (Lipinski definition) is 2. The highest BCUT2D eigenvalue weighted by Gasteiger charge is 2.35. The molecule has 0 unspecified atom stereocenters. The molecule has 3 atom stereocenters. The highest BCUT2D eigenvalue weighted by molar-refractivity contribution is 6.30. The average molecular weight is 489 g/mol. The Bertz CT molecular complexity index is 1060. The fraction of sp³-hybridized carbons (Fsp3) is 0.542. The number of piperazine rings is 1. The molecule has 2 amide bonds. The Kier molecular flexibility index (Phi) is 6.59. The third-order valence-electron chi connectivity index (χ3n) is 7.19. The molecule has 3 aliphatic rings. The Labute approximate surface area is 203 Å². The first kappa shape index (κ1) is 23.3. The Morgan fingerprint density at radius 2 is 2.09 bits per heavy atom. The Morgan fingerprint density at radius 1 is 1.29 bits per heavy atom. The van der Waals surface area contributed by atoms with Gasteiger partial charge in [0.1, 0.15) is 18.0 Å². The van der Waals surface area contributed by atoms with Crippen molar-refractivity contribution >= 4 is 23.4 Å². The zero-order valence-electron chi connectivity index (χ0n) is 19.3. The third kappa shape index (κ3) is 4.44. The average Bonchev–Trinajstić information content (AvgIpc) is 3.48. The summed E-state index contributed by atoms with van der Waals surface area (Å²) in [6, 6.07) is 4.77. The van der Waals surface area contributed by atoms with E-state index in [-0.39, 0.29) is 23.0 Å². The lowest BCUT2D eigenvalue weighted by molar-refractivity contribution is 0.130. The first-order chi connectivity index (χ1) is 16.4. The number of aliphatic hydroxyl groups excluding tert-OH is 1. The van der Waals surface area contributed by atoms with Crippen molar-refractivity contribution in [3.63, 3.8) is 0 Å². The summed E-state index contributed by atoms with van der Waals surface area (Å²) < 4.78 is 14.0. The summed E-state index contributed by atoms with van der Waals surface area (Å²) in [5.41, 5.74) is 2.48. The van der Waals surface area contributed by atoms with Crippen molar-refractivity contribution in [2.24, 2.45) is 0 Å². The van der Waals surface area contributed by atoms with Crippen molar-refractivity contribution in [3.8, 4) is 0 Å². The number of fused-ring (bicyclic) bond motifs is 1. The van der Waals surface area contributed by atoms with Crippen LogP contribution in [0.15, 0.2) is 24.5 Å². The summed E-state index contributed by atoms with van der Waals surface area (Å²) in [7, 11) is 0. The van der Waals surface area contributed by atoms with Crippen molar-refractivity contribution in [2.45, 2.75) is 44.4 Å². The zero-order chi connectivity index (χ0) is 23.8. The van der Waals surface area contributed by atoms with Gasteiger partial charge < -0.3 is 25.1 Å². The summed E-state index contributed by atoms with van der Waals surface area (Å²) in [5.74, 6) is 0.599. The van der Waals surface area contributed by atoms with Crippen LogP contribution in [0.4, 0.5) is 15.0 Å². The van der Waals surface area contributed by atoms with Gasteiger partial charge in [-0.05, 0) is 43.0 Å². The van der Waals surface area contributed by atoms with Crippen LogP contribution in [-0.4, -0.2) is 76.2 Å². The van der Waals surface area contributed by atoms with E-state index in [0.29, 0.717) is 39.1 Å². The Balaban J connectivity index is 1.29. The molecule has 8 nitrogen and oxygen atoms in total. The van der Waals surface area contributed by atoms with Crippen LogP contribution >= 0.6 is 11.6 Å². The quantitative estimate of drug-likeness (QED) is 0.688. The highest BCUT2D eigenvalue weighted by Crippen LogP contribution is 2.42. The lowest BCUT2D eigenvalue weighted by Crippen LogP contribution is -2.55. The van der Waals surface area contributed by atoms with Crippen molar-refractivity contribution in [1.82, 2.24) is 25.1 Å². The molecule has 2 aliphatic heterocycles. The van der Waals surface area contributed by atoms with Gasteiger partial charge in [-0.15, -0.1) is 0 Å². The van der Waals surface area contributed by atoms with E-state index in [2.05, 4.69) is 27.1 Å². The predicted molar refractivity (Wildman–Crippen MR) is 127 cm³/mol. The number of anilines is 1. The van der Waals surface area contributed by atoms with Gasteiger partial charge in [0.15, 0.2) is 0 Å². The van der Waals surface area contributed by atoms with Gasteiger partial charge in [0.25, 0.3) is 0 Å². The summed E-state index contributed by atoms with van der Waals surface area (Å²) in [6.07, 6.45) is 2.51. The van der Waals surface area contributed by atoms with E-state index >= 15 is 0 Å². The number of nitrogens with zero attached hydrogens (tertiary/aromatic N) is 5. The fourth-order valence-corrected chi connectivity index (χ4v) is 5.46. The van der Waals surface area contributed by atoms with Gasteiger partial charge in [-0.2, -0.15) is 0 Å². The van der Waals surface area contributed by atoms with Crippen LogP contribution < -0.4 is 10.2 Å². The fourth-order valence-electron chi connectivity index (χ4n) is 5.34. The minimum atomic E-state index is -0.541. The van der Waals surface area contributed by atoms with Crippen LogP contribution in [0, 0.1) is 5.82 Å². The summed E-state index contributed by atoms with van der Waals surface area (Å²) in [5, 5.41) is 13.7. The molecule has 0 spiro atoms. The first-order valence-corrected chi connectivity index (χ1v) is 12.3. The summed E-state index contributed by atoms with van der Waals surface area (Å²) in [4.78, 5) is 28.4. The van der Waals surface area contributed by atoms with Gasteiger partial charge in [0.2, 0.25) is 0 Å².